The lowest BCUT2D eigenvalue weighted by Gasteiger charge is -2.27. The number of aliphatic hydroxyl groups is 2. The third-order valence-electron chi connectivity index (χ3n) is 4.73. The third kappa shape index (κ3) is 4.57. The molecule has 0 bridgehead atoms. The van der Waals surface area contributed by atoms with Crippen molar-refractivity contribution in [1.29, 1.82) is 5.26 Å². The van der Waals surface area contributed by atoms with Crippen LogP contribution >= 0.6 is 15.9 Å². The predicted octanol–water partition coefficient (Wildman–Crippen LogP) is 1.57. The molecular weight excluding hydrogens is 480 g/mol. The molecule has 0 aliphatic carbocycles. The maximum absolute atomic E-state index is 13.1. The normalized spacial score (nSPS) is 24.1. The molecule has 2 N–H and O–H groups in total. The summed E-state index contributed by atoms with van der Waals surface area (Å²) in [7, 11) is 1.53. The van der Waals surface area contributed by atoms with E-state index in [0.29, 0.717) is 25.6 Å². The van der Waals surface area contributed by atoms with Gasteiger partial charge in [0.25, 0.3) is 0 Å². The molecule has 154 valence electrons. The highest BCUT2D eigenvalue weighted by Gasteiger charge is 2.56. The second-order valence-electron chi connectivity index (χ2n) is 6.55. The molecule has 0 amide bonds. The van der Waals surface area contributed by atoms with Gasteiger partial charge >= 0.3 is 0 Å². The minimum absolute atomic E-state index is 0.0642. The topological polar surface area (TPSA) is 123 Å². The average molecular weight is 499 g/mol. The molecule has 1 fully saturated rings. The zero-order valence-electron chi connectivity index (χ0n) is 15.4. The van der Waals surface area contributed by atoms with E-state index in [0.717, 1.165) is 0 Å². The molecule has 1 saturated heterocycles. The van der Waals surface area contributed by atoms with Crippen molar-refractivity contribution in [3.63, 3.8) is 0 Å². The lowest BCUT2D eigenvalue weighted by molar-refractivity contribution is 0.00159. The lowest BCUT2D eigenvalue weighted by atomic mass is 10.1. The molecule has 4 atom stereocenters. The van der Waals surface area contributed by atoms with Gasteiger partial charge in [0.15, 0.2) is 20.6 Å². The lowest BCUT2D eigenvalue weighted by Crippen LogP contribution is -2.49. The monoisotopic (exact) mass is 498 g/mol. The van der Waals surface area contributed by atoms with Crippen molar-refractivity contribution in [2.24, 2.45) is 0 Å². The Morgan fingerprint density at radius 2 is 2.00 bits per heavy atom. The van der Waals surface area contributed by atoms with Crippen LogP contribution in [0, 0.1) is 11.3 Å². The standard InChI is InChI=1S/C19H19BrN2O5S2/c1-27-14-4-7-17(16(20)8-14)29(26)22-10-18(19(24,11-22)12-23)28(25)15-5-2-13(9-21)3-6-15/h2-8,18,23-24H,10-12H2,1H3/t18-,19?,28?,29?/m0/s1. The van der Waals surface area contributed by atoms with Crippen LogP contribution in [0.3, 0.4) is 0 Å². The zero-order chi connectivity index (χ0) is 21.2. The molecule has 3 unspecified atom stereocenters. The van der Waals surface area contributed by atoms with Crippen LogP contribution in [-0.2, 0) is 22.5 Å². The van der Waals surface area contributed by atoms with Crippen molar-refractivity contribution in [3.05, 3.63) is 52.5 Å². The van der Waals surface area contributed by atoms with Crippen LogP contribution in [0.5, 0.6) is 5.75 Å². The number of hydrogen-bond donors (Lipinski definition) is 2. The molecule has 1 aliphatic rings. The molecule has 0 saturated carbocycles. The molecule has 0 spiro atoms. The molecule has 7 nitrogen and oxygen atoms in total. The second-order valence-corrected chi connectivity index (χ2v) is 10.5. The number of halogens is 1. The Kier molecular flexibility index (Phi) is 7.14. The van der Waals surface area contributed by atoms with Crippen molar-refractivity contribution in [2.75, 3.05) is 26.8 Å². The number of hydrogen-bond acceptors (Lipinski definition) is 7. The van der Waals surface area contributed by atoms with Gasteiger partial charge in [0.1, 0.15) is 5.75 Å². The Morgan fingerprint density at radius 3 is 2.55 bits per heavy atom. The fourth-order valence-corrected chi connectivity index (χ4v) is 6.87. The van der Waals surface area contributed by atoms with Gasteiger partial charge in [-0.25, -0.2) is 0 Å². The molecule has 0 radical (unpaired) electrons. The maximum Gasteiger partial charge on any atom is 0.188 e. The molecule has 1 heterocycles. The van der Waals surface area contributed by atoms with Gasteiger partial charge in [0.2, 0.25) is 0 Å². The van der Waals surface area contributed by atoms with E-state index in [1.807, 2.05) is 6.07 Å². The Balaban J connectivity index is 1.84. The van der Waals surface area contributed by atoms with Gasteiger partial charge in [-0.3, -0.25) is 0 Å². The highest BCUT2D eigenvalue weighted by molar-refractivity contribution is 9.10. The van der Waals surface area contributed by atoms with Crippen molar-refractivity contribution in [2.45, 2.75) is 20.6 Å². The summed E-state index contributed by atoms with van der Waals surface area (Å²) in [5, 5.41) is 28.8. The molecule has 10 heteroatoms. The number of nitriles is 1. The van der Waals surface area contributed by atoms with Crippen LogP contribution in [0.4, 0.5) is 0 Å². The van der Waals surface area contributed by atoms with Gasteiger partial charge in [-0.15, -0.1) is 4.31 Å². The van der Waals surface area contributed by atoms with Gasteiger partial charge in [0.05, 0.1) is 54.3 Å². The molecule has 1 aliphatic heterocycles. The summed E-state index contributed by atoms with van der Waals surface area (Å²) in [6.45, 7) is -0.646. The van der Waals surface area contributed by atoms with Gasteiger partial charge in [-0.2, -0.15) is 5.26 Å². The van der Waals surface area contributed by atoms with E-state index in [1.165, 1.54) is 11.4 Å². The first-order valence-corrected chi connectivity index (χ1v) is 11.7. The maximum atomic E-state index is 13.1. The molecule has 2 aromatic carbocycles. The smallest absolute Gasteiger partial charge is 0.188 e. The molecule has 3 rings (SSSR count). The molecule has 29 heavy (non-hydrogen) atoms. The number of rotatable bonds is 6. The Bertz CT molecular complexity index is 910. The average Bonchev–Trinajstić information content (AvgIpc) is 3.10. The number of ether oxygens (including phenoxy) is 1. The third-order valence-corrected chi connectivity index (χ3v) is 8.97. The first kappa shape index (κ1) is 22.4. The number of aliphatic hydroxyl groups excluding tert-OH is 1. The number of nitrogens with zero attached hydrogens (tertiary/aromatic N) is 2. The summed E-state index contributed by atoms with van der Waals surface area (Å²) >= 11 is 0.0628. The largest absolute Gasteiger partial charge is 0.611 e. The number of benzene rings is 2. The van der Waals surface area contributed by atoms with Crippen LogP contribution in [0.1, 0.15) is 5.56 Å². The van der Waals surface area contributed by atoms with E-state index in [4.69, 9.17) is 10.00 Å². The summed E-state index contributed by atoms with van der Waals surface area (Å²) in [6, 6.07) is 13.2. The number of methoxy groups -OCH3 is 1. The minimum Gasteiger partial charge on any atom is -0.611 e. The SMILES string of the molecule is COc1ccc([S+]([O-])N2C[C@H]([S+]([O-])c3ccc(C#N)cc3)C(O)(CO)C2)c(Br)c1. The quantitative estimate of drug-likeness (QED) is 0.579. The second kappa shape index (κ2) is 9.24. The Labute approximate surface area is 183 Å². The minimum atomic E-state index is -1.67. The van der Waals surface area contributed by atoms with E-state index in [2.05, 4.69) is 15.9 Å². The van der Waals surface area contributed by atoms with E-state index in [-0.39, 0.29) is 13.1 Å². The van der Waals surface area contributed by atoms with Crippen LogP contribution in [-0.4, -0.2) is 61.3 Å². The highest BCUT2D eigenvalue weighted by Crippen LogP contribution is 2.36. The van der Waals surface area contributed by atoms with Crippen LogP contribution in [0.25, 0.3) is 0 Å². The summed E-state index contributed by atoms with van der Waals surface area (Å²) in [5.41, 5.74) is -1.24. The van der Waals surface area contributed by atoms with Crippen molar-refractivity contribution in [1.82, 2.24) is 4.31 Å². The fourth-order valence-electron chi connectivity index (χ4n) is 3.09. The van der Waals surface area contributed by atoms with Gasteiger partial charge in [0, 0.05) is 6.07 Å². The van der Waals surface area contributed by atoms with Crippen molar-refractivity contribution in [3.8, 4) is 11.8 Å². The Hall–Kier alpha value is -1.29. The summed E-state index contributed by atoms with van der Waals surface area (Å²) < 4.78 is 33.4. The molecular formula is C19H19BrN2O5S2. The Morgan fingerprint density at radius 1 is 1.31 bits per heavy atom. The van der Waals surface area contributed by atoms with Crippen LogP contribution < -0.4 is 4.74 Å². The van der Waals surface area contributed by atoms with E-state index in [1.54, 1.807) is 42.5 Å². The first-order chi connectivity index (χ1) is 13.8. The summed E-state index contributed by atoms with van der Waals surface area (Å²) in [6.07, 6.45) is 0. The summed E-state index contributed by atoms with van der Waals surface area (Å²) in [5.74, 6) is 0.603. The molecule has 2 aromatic rings. The fraction of sp³-hybridized carbons (Fsp3) is 0.316. The summed E-state index contributed by atoms with van der Waals surface area (Å²) in [4.78, 5) is 0.912. The van der Waals surface area contributed by atoms with Gasteiger partial charge in [-0.05, 0) is 63.5 Å². The van der Waals surface area contributed by atoms with Crippen molar-refractivity contribution >= 4 is 38.5 Å². The zero-order valence-corrected chi connectivity index (χ0v) is 18.7. The van der Waals surface area contributed by atoms with E-state index < -0.39 is 40.0 Å². The predicted molar refractivity (Wildman–Crippen MR) is 112 cm³/mol. The van der Waals surface area contributed by atoms with Gasteiger partial charge < -0.3 is 24.1 Å². The molecule has 0 aromatic heterocycles. The van der Waals surface area contributed by atoms with Crippen LogP contribution in [0.15, 0.2) is 56.7 Å². The van der Waals surface area contributed by atoms with E-state index >= 15 is 0 Å². The number of β-amino-alcohol motifs (C(OH)–C–C–N with tert-alkyl or cyclic N) is 1. The van der Waals surface area contributed by atoms with Gasteiger partial charge in [-0.1, -0.05) is 0 Å². The van der Waals surface area contributed by atoms with Crippen LogP contribution in [0.2, 0.25) is 0 Å². The van der Waals surface area contributed by atoms with E-state index in [9.17, 15) is 19.3 Å². The first-order valence-electron chi connectivity index (χ1n) is 8.57. The highest BCUT2D eigenvalue weighted by atomic mass is 79.9. The van der Waals surface area contributed by atoms with Crippen molar-refractivity contribution < 1.29 is 24.1 Å².